The Morgan fingerprint density at radius 2 is 1.78 bits per heavy atom. The summed E-state index contributed by atoms with van der Waals surface area (Å²) in [6.07, 6.45) is -3.21. The van der Waals surface area contributed by atoms with Crippen LogP contribution in [0, 0.1) is 0 Å². The van der Waals surface area contributed by atoms with E-state index < -0.39 is 44.6 Å². The van der Waals surface area contributed by atoms with Crippen molar-refractivity contribution in [3.63, 3.8) is 0 Å². The Bertz CT molecular complexity index is 362. The van der Waals surface area contributed by atoms with Gasteiger partial charge in [-0.2, -0.15) is 0 Å². The fraction of sp³-hybridized carbons (Fsp3) is 1.00. The molecule has 0 aliphatic carbocycles. The molecule has 0 amide bonds. The predicted molar refractivity (Wildman–Crippen MR) is 51.9 cm³/mol. The number of ether oxygens (including phenoxy) is 1. The van der Waals surface area contributed by atoms with E-state index in [4.69, 9.17) is 23.4 Å². The van der Waals surface area contributed by atoms with Gasteiger partial charge in [0.1, 0.15) is 0 Å². The van der Waals surface area contributed by atoms with Crippen LogP contribution in [0.3, 0.4) is 0 Å². The SMILES string of the molecule is OC[C@@]12OC[C@H]3O[B-](O)(O)O[C@H]3[C@@H]1O[B-](O)(O)O2. The van der Waals surface area contributed by atoms with Crippen molar-refractivity contribution in [3.8, 4) is 0 Å². The molecule has 104 valence electrons. The van der Waals surface area contributed by atoms with Gasteiger partial charge < -0.3 is 48.6 Å². The van der Waals surface area contributed by atoms with Gasteiger partial charge in [0, 0.05) is 0 Å². The third kappa shape index (κ3) is 1.78. The maximum absolute atomic E-state index is 9.34. The minimum absolute atomic E-state index is 0.193. The molecule has 0 saturated carbocycles. The first kappa shape index (κ1) is 12.7. The summed E-state index contributed by atoms with van der Waals surface area (Å²) in [5.41, 5.74) is 0. The van der Waals surface area contributed by atoms with Gasteiger partial charge in [0.05, 0.1) is 31.5 Å². The van der Waals surface area contributed by atoms with Crippen molar-refractivity contribution >= 4 is 13.9 Å². The zero-order valence-electron chi connectivity index (χ0n) is 9.08. The molecule has 0 unspecified atom stereocenters. The zero-order valence-corrected chi connectivity index (χ0v) is 9.08. The van der Waals surface area contributed by atoms with Crippen molar-refractivity contribution < 1.29 is 48.6 Å². The number of aliphatic hydroxyl groups is 1. The average molecular weight is 266 g/mol. The van der Waals surface area contributed by atoms with Crippen molar-refractivity contribution in [2.24, 2.45) is 0 Å². The van der Waals surface area contributed by atoms with Crippen molar-refractivity contribution in [1.82, 2.24) is 0 Å². The lowest BCUT2D eigenvalue weighted by Gasteiger charge is -2.44. The molecule has 0 aromatic rings. The molecule has 0 aromatic heterocycles. The number of aliphatic hydroxyl groups excluding tert-OH is 1. The van der Waals surface area contributed by atoms with Crippen molar-refractivity contribution in [2.45, 2.75) is 24.1 Å². The largest absolute Gasteiger partial charge is 0.533 e. The number of fused-ring (bicyclic) bond motifs is 3. The Hall–Kier alpha value is -0.270. The minimum atomic E-state index is -3.63. The van der Waals surface area contributed by atoms with Gasteiger partial charge in [0.2, 0.25) is 0 Å². The Balaban J connectivity index is 1.90. The summed E-state index contributed by atoms with van der Waals surface area (Å²) in [4.78, 5) is 0. The molecule has 0 aromatic carbocycles. The molecule has 10 nitrogen and oxygen atoms in total. The molecular formula is C6H12B2O10-2. The second kappa shape index (κ2) is 3.64. The van der Waals surface area contributed by atoms with E-state index in [1.807, 2.05) is 0 Å². The number of hydrogen-bond acceptors (Lipinski definition) is 10. The summed E-state index contributed by atoms with van der Waals surface area (Å²) in [5.74, 6) is -1.83. The van der Waals surface area contributed by atoms with Gasteiger partial charge in [-0.3, -0.25) is 0 Å². The highest BCUT2D eigenvalue weighted by molar-refractivity contribution is 6.52. The summed E-state index contributed by atoms with van der Waals surface area (Å²) in [7, 11) is 0. The van der Waals surface area contributed by atoms with Gasteiger partial charge in [-0.05, 0) is 0 Å². The molecule has 3 rings (SSSR count). The van der Waals surface area contributed by atoms with Crippen LogP contribution in [0.2, 0.25) is 0 Å². The normalized spacial score (nSPS) is 48.8. The molecule has 5 N–H and O–H groups in total. The second-order valence-corrected chi connectivity index (χ2v) is 4.50. The molecule has 4 atom stereocenters. The van der Waals surface area contributed by atoms with E-state index in [2.05, 4.69) is 0 Å². The summed E-state index contributed by atoms with van der Waals surface area (Å²) >= 11 is 0. The van der Waals surface area contributed by atoms with Gasteiger partial charge in [-0.15, -0.1) is 0 Å². The van der Waals surface area contributed by atoms with Crippen molar-refractivity contribution in [3.05, 3.63) is 0 Å². The molecule has 3 aliphatic rings. The molecule has 0 bridgehead atoms. The van der Waals surface area contributed by atoms with Crippen LogP contribution < -0.4 is 0 Å². The minimum Gasteiger partial charge on any atom is -0.533 e. The quantitative estimate of drug-likeness (QED) is 0.295. The van der Waals surface area contributed by atoms with E-state index in [-0.39, 0.29) is 6.61 Å². The van der Waals surface area contributed by atoms with Gasteiger partial charge >= 0.3 is 13.9 Å². The second-order valence-electron chi connectivity index (χ2n) is 4.50. The Morgan fingerprint density at radius 1 is 1.06 bits per heavy atom. The van der Waals surface area contributed by atoms with Crippen LogP contribution >= 0.6 is 0 Å². The molecule has 18 heavy (non-hydrogen) atoms. The summed E-state index contributed by atoms with van der Waals surface area (Å²) in [6, 6.07) is 0. The fourth-order valence-electron chi connectivity index (χ4n) is 2.52. The monoisotopic (exact) mass is 266 g/mol. The Kier molecular flexibility index (Phi) is 2.58. The first-order valence-corrected chi connectivity index (χ1v) is 5.41. The van der Waals surface area contributed by atoms with Crippen LogP contribution in [-0.4, -0.2) is 76.4 Å². The highest BCUT2D eigenvalue weighted by atomic mass is 16.9. The fourth-order valence-corrected chi connectivity index (χ4v) is 2.52. The van der Waals surface area contributed by atoms with Gasteiger partial charge in [0.25, 0.3) is 0 Å². The van der Waals surface area contributed by atoms with Crippen LogP contribution in [0.1, 0.15) is 0 Å². The van der Waals surface area contributed by atoms with Gasteiger partial charge in [0.15, 0.2) is 5.79 Å². The van der Waals surface area contributed by atoms with Crippen LogP contribution in [0.25, 0.3) is 0 Å². The zero-order chi connectivity index (χ0) is 13.2. The van der Waals surface area contributed by atoms with E-state index in [0.717, 1.165) is 0 Å². The summed E-state index contributed by atoms with van der Waals surface area (Å²) in [5, 5.41) is 46.5. The molecule has 3 aliphatic heterocycles. The van der Waals surface area contributed by atoms with E-state index >= 15 is 0 Å². The maximum Gasteiger partial charge on any atom is 0.528 e. The molecule has 0 radical (unpaired) electrons. The molecule has 3 fully saturated rings. The maximum atomic E-state index is 9.34. The van der Waals surface area contributed by atoms with Gasteiger partial charge in [-0.1, -0.05) is 0 Å². The van der Waals surface area contributed by atoms with Crippen LogP contribution in [0.4, 0.5) is 0 Å². The lowest BCUT2D eigenvalue weighted by molar-refractivity contribution is -0.272. The van der Waals surface area contributed by atoms with Crippen LogP contribution in [-0.2, 0) is 23.4 Å². The predicted octanol–water partition coefficient (Wildman–Crippen LogP) is -4.25. The number of rotatable bonds is 1. The van der Waals surface area contributed by atoms with Crippen LogP contribution in [0.15, 0.2) is 0 Å². The standard InChI is InChI=1S/C6H12B2O10/c9-2-6-5(17-8(12,13)18-6)4-3(1-14-6)15-7(10,11)16-4/h3-5,9-13H,1-2H2/q-2/t3-,4-,5+,6+/m1/s1. The van der Waals surface area contributed by atoms with E-state index in [1.54, 1.807) is 0 Å². The van der Waals surface area contributed by atoms with Crippen LogP contribution in [0.5, 0.6) is 0 Å². The highest BCUT2D eigenvalue weighted by Crippen LogP contribution is 2.43. The van der Waals surface area contributed by atoms with E-state index in [0.29, 0.717) is 0 Å². The third-order valence-electron chi connectivity index (χ3n) is 3.17. The first-order valence-electron chi connectivity index (χ1n) is 5.41. The smallest absolute Gasteiger partial charge is 0.528 e. The first-order chi connectivity index (χ1) is 8.27. The average Bonchev–Trinajstić information content (AvgIpc) is 2.70. The highest BCUT2D eigenvalue weighted by Gasteiger charge is 2.62. The van der Waals surface area contributed by atoms with E-state index in [9.17, 15) is 25.2 Å². The Labute approximate surface area is 101 Å². The van der Waals surface area contributed by atoms with Crippen molar-refractivity contribution in [1.29, 1.82) is 0 Å². The van der Waals surface area contributed by atoms with Gasteiger partial charge in [-0.25, -0.2) is 0 Å². The number of hydrogen-bond donors (Lipinski definition) is 5. The third-order valence-corrected chi connectivity index (χ3v) is 3.17. The molecular weight excluding hydrogens is 254 g/mol. The molecule has 3 saturated heterocycles. The molecule has 12 heteroatoms. The Morgan fingerprint density at radius 3 is 2.44 bits per heavy atom. The lowest BCUT2D eigenvalue weighted by Crippen LogP contribution is -2.60. The van der Waals surface area contributed by atoms with E-state index in [1.165, 1.54) is 0 Å². The summed E-state index contributed by atoms with van der Waals surface area (Å²) in [6.45, 7) is -8.03. The lowest BCUT2D eigenvalue weighted by atomic mass is 9.97. The topological polar surface area (TPSA) is 147 Å². The molecule has 3 heterocycles. The molecule has 0 spiro atoms. The summed E-state index contributed by atoms with van der Waals surface area (Å²) < 4.78 is 24.3. The van der Waals surface area contributed by atoms with Crippen molar-refractivity contribution in [2.75, 3.05) is 13.2 Å².